The number of hydrogen-bond donors (Lipinski definition) is 2. The van der Waals surface area contributed by atoms with Gasteiger partial charge < -0.3 is 15.4 Å². The van der Waals surface area contributed by atoms with Crippen LogP contribution in [0.15, 0.2) is 36.0 Å². The molecule has 0 bridgehead atoms. The summed E-state index contributed by atoms with van der Waals surface area (Å²) >= 11 is 0. The van der Waals surface area contributed by atoms with Crippen LogP contribution in [-0.2, 0) is 4.74 Å². The van der Waals surface area contributed by atoms with E-state index in [1.807, 2.05) is 0 Å². The number of ether oxygens (including phenoxy) is 1. The monoisotopic (exact) mass is 302 g/mol. The van der Waals surface area contributed by atoms with Crippen molar-refractivity contribution in [3.05, 3.63) is 41.6 Å². The molecule has 0 unspecified atom stereocenters. The SMILES string of the molecule is COC(=O)c1ccc(NC(=O)N/C=C(\C)C2CCCC2)cc1. The summed E-state index contributed by atoms with van der Waals surface area (Å²) in [6.45, 7) is 2.06. The molecule has 0 aromatic heterocycles. The standard InChI is InChI=1S/C17H22N2O3/c1-12(13-5-3-4-6-13)11-18-17(21)19-15-9-7-14(8-10-15)16(20)22-2/h7-11,13H,3-6H2,1-2H3,(H2,18,19,21)/b12-11+. The van der Waals surface area contributed by atoms with Crippen LogP contribution >= 0.6 is 0 Å². The van der Waals surface area contributed by atoms with Gasteiger partial charge in [-0.1, -0.05) is 18.4 Å². The first-order valence-electron chi connectivity index (χ1n) is 7.52. The number of carbonyl (C=O) groups excluding carboxylic acids is 2. The molecule has 1 aliphatic rings. The van der Waals surface area contributed by atoms with E-state index < -0.39 is 5.97 Å². The lowest BCUT2D eigenvalue weighted by Crippen LogP contribution is -2.24. The van der Waals surface area contributed by atoms with E-state index >= 15 is 0 Å². The lowest BCUT2D eigenvalue weighted by atomic mass is 10.0. The molecule has 22 heavy (non-hydrogen) atoms. The molecule has 0 heterocycles. The maximum atomic E-state index is 11.8. The quantitative estimate of drug-likeness (QED) is 0.834. The third-order valence-corrected chi connectivity index (χ3v) is 3.99. The van der Waals surface area contributed by atoms with Gasteiger partial charge in [0, 0.05) is 11.9 Å². The molecule has 2 rings (SSSR count). The van der Waals surface area contributed by atoms with Gasteiger partial charge in [0.05, 0.1) is 12.7 Å². The molecule has 0 spiro atoms. The normalized spacial score (nSPS) is 15.5. The Balaban J connectivity index is 1.86. The van der Waals surface area contributed by atoms with Crippen molar-refractivity contribution in [2.45, 2.75) is 32.6 Å². The summed E-state index contributed by atoms with van der Waals surface area (Å²) in [5, 5.41) is 5.48. The Kier molecular flexibility index (Phi) is 5.58. The van der Waals surface area contributed by atoms with Crippen LogP contribution in [0.1, 0.15) is 43.0 Å². The van der Waals surface area contributed by atoms with E-state index in [2.05, 4.69) is 22.3 Å². The number of allylic oxidation sites excluding steroid dienone is 1. The summed E-state index contributed by atoms with van der Waals surface area (Å²) in [6.07, 6.45) is 6.75. The van der Waals surface area contributed by atoms with Crippen LogP contribution in [0.2, 0.25) is 0 Å². The Morgan fingerprint density at radius 2 is 1.82 bits per heavy atom. The van der Waals surface area contributed by atoms with Crippen molar-refractivity contribution in [1.82, 2.24) is 5.32 Å². The van der Waals surface area contributed by atoms with Gasteiger partial charge in [-0.3, -0.25) is 0 Å². The molecule has 2 amide bonds. The molecule has 1 aliphatic carbocycles. The first-order chi connectivity index (χ1) is 10.6. The van der Waals surface area contributed by atoms with E-state index in [0.29, 0.717) is 17.2 Å². The maximum Gasteiger partial charge on any atom is 0.337 e. The van der Waals surface area contributed by atoms with E-state index in [9.17, 15) is 9.59 Å². The molecule has 0 atom stereocenters. The van der Waals surface area contributed by atoms with Gasteiger partial charge in [0.25, 0.3) is 0 Å². The van der Waals surface area contributed by atoms with Crippen molar-refractivity contribution >= 4 is 17.7 Å². The maximum absolute atomic E-state index is 11.8. The van der Waals surface area contributed by atoms with Gasteiger partial charge in [0.1, 0.15) is 0 Å². The average molecular weight is 302 g/mol. The minimum absolute atomic E-state index is 0.289. The highest BCUT2D eigenvalue weighted by atomic mass is 16.5. The molecule has 1 aromatic carbocycles. The van der Waals surface area contributed by atoms with Crippen LogP contribution in [0.5, 0.6) is 0 Å². The van der Waals surface area contributed by atoms with Crippen LogP contribution in [0.3, 0.4) is 0 Å². The highest BCUT2D eigenvalue weighted by Crippen LogP contribution is 2.30. The van der Waals surface area contributed by atoms with E-state index in [0.717, 1.165) is 0 Å². The van der Waals surface area contributed by atoms with Crippen LogP contribution in [0.4, 0.5) is 10.5 Å². The third-order valence-electron chi connectivity index (χ3n) is 3.99. The van der Waals surface area contributed by atoms with Crippen LogP contribution in [0, 0.1) is 5.92 Å². The molecule has 0 radical (unpaired) electrons. The first-order valence-corrected chi connectivity index (χ1v) is 7.52. The van der Waals surface area contributed by atoms with Crippen LogP contribution in [0.25, 0.3) is 0 Å². The smallest absolute Gasteiger partial charge is 0.337 e. The zero-order valence-electron chi connectivity index (χ0n) is 13.0. The molecule has 1 fully saturated rings. The molecule has 118 valence electrons. The molecule has 1 saturated carbocycles. The van der Waals surface area contributed by atoms with Crippen molar-refractivity contribution in [2.75, 3.05) is 12.4 Å². The topological polar surface area (TPSA) is 67.4 Å². The van der Waals surface area contributed by atoms with E-state index in [-0.39, 0.29) is 6.03 Å². The highest BCUT2D eigenvalue weighted by Gasteiger charge is 2.16. The summed E-state index contributed by atoms with van der Waals surface area (Å²) < 4.78 is 4.62. The molecule has 0 saturated heterocycles. The van der Waals surface area contributed by atoms with Gasteiger partial charge in [-0.15, -0.1) is 0 Å². The number of anilines is 1. The number of esters is 1. The minimum Gasteiger partial charge on any atom is -0.465 e. The number of benzene rings is 1. The first kappa shape index (κ1) is 16.1. The fraction of sp³-hybridized carbons (Fsp3) is 0.412. The number of rotatable bonds is 4. The third kappa shape index (κ3) is 4.35. The van der Waals surface area contributed by atoms with Crippen molar-refractivity contribution in [1.29, 1.82) is 0 Å². The predicted octanol–water partition coefficient (Wildman–Crippen LogP) is 3.69. The summed E-state index contributed by atoms with van der Waals surface area (Å²) in [6, 6.07) is 6.27. The summed E-state index contributed by atoms with van der Waals surface area (Å²) in [5.41, 5.74) is 2.29. The summed E-state index contributed by atoms with van der Waals surface area (Å²) in [4.78, 5) is 23.2. The van der Waals surface area contributed by atoms with Crippen LogP contribution in [-0.4, -0.2) is 19.1 Å². The Morgan fingerprint density at radius 3 is 2.41 bits per heavy atom. The van der Waals surface area contributed by atoms with Gasteiger partial charge in [-0.05, 0) is 49.9 Å². The van der Waals surface area contributed by atoms with Crippen molar-refractivity contribution in [3.63, 3.8) is 0 Å². The van der Waals surface area contributed by atoms with Gasteiger partial charge >= 0.3 is 12.0 Å². The lowest BCUT2D eigenvalue weighted by molar-refractivity contribution is 0.0601. The van der Waals surface area contributed by atoms with E-state index in [1.54, 1.807) is 30.5 Å². The van der Waals surface area contributed by atoms with E-state index in [4.69, 9.17) is 0 Å². The molecule has 2 N–H and O–H groups in total. The van der Waals surface area contributed by atoms with Gasteiger partial charge in [0.15, 0.2) is 0 Å². The zero-order chi connectivity index (χ0) is 15.9. The van der Waals surface area contributed by atoms with Gasteiger partial charge in [0.2, 0.25) is 0 Å². The molecular weight excluding hydrogens is 280 g/mol. The number of urea groups is 1. The zero-order valence-corrected chi connectivity index (χ0v) is 13.0. The molecule has 5 nitrogen and oxygen atoms in total. The summed E-state index contributed by atoms with van der Waals surface area (Å²) in [7, 11) is 1.33. The second kappa shape index (κ2) is 7.64. The largest absolute Gasteiger partial charge is 0.465 e. The van der Waals surface area contributed by atoms with Crippen molar-refractivity contribution < 1.29 is 14.3 Å². The van der Waals surface area contributed by atoms with Crippen molar-refractivity contribution in [3.8, 4) is 0 Å². The fourth-order valence-electron chi connectivity index (χ4n) is 2.65. The van der Waals surface area contributed by atoms with Gasteiger partial charge in [-0.25, -0.2) is 9.59 Å². The lowest BCUT2D eigenvalue weighted by Gasteiger charge is -2.10. The molecule has 0 aliphatic heterocycles. The molecule has 5 heteroatoms. The number of methoxy groups -OCH3 is 1. The average Bonchev–Trinajstić information content (AvgIpc) is 3.07. The highest BCUT2D eigenvalue weighted by molar-refractivity contribution is 5.92. The minimum atomic E-state index is -0.397. The number of carbonyl (C=O) groups is 2. The molecule has 1 aromatic rings. The molecular formula is C17H22N2O3. The predicted molar refractivity (Wildman–Crippen MR) is 85.7 cm³/mol. The Hall–Kier alpha value is -2.30. The number of hydrogen-bond acceptors (Lipinski definition) is 3. The Bertz CT molecular complexity index is 558. The number of amides is 2. The second-order valence-corrected chi connectivity index (χ2v) is 5.54. The van der Waals surface area contributed by atoms with Crippen molar-refractivity contribution in [2.24, 2.45) is 5.92 Å². The fourth-order valence-corrected chi connectivity index (χ4v) is 2.65. The van der Waals surface area contributed by atoms with Crippen LogP contribution < -0.4 is 10.6 Å². The second-order valence-electron chi connectivity index (χ2n) is 5.54. The Morgan fingerprint density at radius 1 is 1.18 bits per heavy atom. The van der Waals surface area contributed by atoms with Gasteiger partial charge in [-0.2, -0.15) is 0 Å². The number of nitrogens with one attached hydrogen (secondary N) is 2. The van der Waals surface area contributed by atoms with E-state index in [1.165, 1.54) is 38.4 Å². The Labute approximate surface area is 130 Å². The summed E-state index contributed by atoms with van der Waals surface area (Å²) in [5.74, 6) is 0.200.